The lowest BCUT2D eigenvalue weighted by Gasteiger charge is -2.16. The van der Waals surface area contributed by atoms with Gasteiger partial charge in [-0.15, -0.1) is 0 Å². The van der Waals surface area contributed by atoms with E-state index < -0.39 is 24.1 Å². The van der Waals surface area contributed by atoms with E-state index in [9.17, 15) is 9.59 Å². The standard InChI is InChI=1S/C13H23NO5/c1-9(7-14-13(3,4)5)18-12(16)10(2)19-11(15)8-17-6/h7,9-10H,8H2,1-6H3. The maximum atomic E-state index is 11.6. The molecule has 0 bridgehead atoms. The number of ether oxygens (including phenoxy) is 3. The normalized spacial score (nSPS) is 15.1. The highest BCUT2D eigenvalue weighted by atomic mass is 16.6. The van der Waals surface area contributed by atoms with Crippen LogP contribution in [-0.2, 0) is 23.8 Å². The second-order valence-electron chi connectivity index (χ2n) is 5.16. The predicted octanol–water partition coefficient (Wildman–Crippen LogP) is 1.37. The van der Waals surface area contributed by atoms with Crippen LogP contribution in [0.3, 0.4) is 0 Å². The first-order valence-corrected chi connectivity index (χ1v) is 6.10. The van der Waals surface area contributed by atoms with E-state index in [1.54, 1.807) is 13.1 Å². The molecule has 0 N–H and O–H groups in total. The monoisotopic (exact) mass is 273 g/mol. The summed E-state index contributed by atoms with van der Waals surface area (Å²) in [5, 5.41) is 0. The minimum atomic E-state index is -0.965. The van der Waals surface area contributed by atoms with Crippen LogP contribution < -0.4 is 0 Å². The molecule has 19 heavy (non-hydrogen) atoms. The van der Waals surface area contributed by atoms with Crippen LogP contribution >= 0.6 is 0 Å². The SMILES string of the molecule is COCC(=O)OC(C)C(=O)OC(C)C=NC(C)(C)C. The van der Waals surface area contributed by atoms with Gasteiger partial charge < -0.3 is 14.2 Å². The molecule has 6 heteroatoms. The number of aliphatic imine (C=N–C) groups is 1. The van der Waals surface area contributed by atoms with Crippen LogP contribution in [0.1, 0.15) is 34.6 Å². The maximum Gasteiger partial charge on any atom is 0.347 e. The van der Waals surface area contributed by atoms with Gasteiger partial charge in [0.25, 0.3) is 0 Å². The van der Waals surface area contributed by atoms with Crippen LogP contribution in [0.4, 0.5) is 0 Å². The smallest absolute Gasteiger partial charge is 0.347 e. The number of esters is 2. The summed E-state index contributed by atoms with van der Waals surface area (Å²) in [5.74, 6) is -1.22. The van der Waals surface area contributed by atoms with E-state index in [4.69, 9.17) is 9.47 Å². The van der Waals surface area contributed by atoms with Crippen LogP contribution in [0.15, 0.2) is 4.99 Å². The highest BCUT2D eigenvalue weighted by Gasteiger charge is 2.21. The zero-order valence-electron chi connectivity index (χ0n) is 12.4. The summed E-state index contributed by atoms with van der Waals surface area (Å²) in [7, 11) is 1.37. The van der Waals surface area contributed by atoms with E-state index in [0.29, 0.717) is 0 Å². The van der Waals surface area contributed by atoms with Crippen molar-refractivity contribution in [2.24, 2.45) is 4.99 Å². The van der Waals surface area contributed by atoms with E-state index in [0.717, 1.165) is 0 Å². The fourth-order valence-corrected chi connectivity index (χ4v) is 1.04. The Hall–Kier alpha value is -1.43. The molecule has 0 radical (unpaired) electrons. The summed E-state index contributed by atoms with van der Waals surface area (Å²) in [4.78, 5) is 27.0. The molecule has 0 aliphatic carbocycles. The first kappa shape index (κ1) is 17.6. The fraction of sp³-hybridized carbons (Fsp3) is 0.769. The lowest BCUT2D eigenvalue weighted by atomic mass is 10.1. The van der Waals surface area contributed by atoms with E-state index in [2.05, 4.69) is 9.73 Å². The molecule has 0 saturated carbocycles. The number of hydrogen-bond donors (Lipinski definition) is 0. The van der Waals surface area contributed by atoms with Crippen molar-refractivity contribution >= 4 is 18.2 Å². The van der Waals surface area contributed by atoms with Gasteiger partial charge in [-0.3, -0.25) is 4.99 Å². The molecule has 0 aromatic carbocycles. The highest BCUT2D eigenvalue weighted by Crippen LogP contribution is 2.06. The first-order valence-electron chi connectivity index (χ1n) is 6.10. The van der Waals surface area contributed by atoms with Gasteiger partial charge in [0.05, 0.1) is 5.54 Å². The molecule has 6 nitrogen and oxygen atoms in total. The van der Waals surface area contributed by atoms with Crippen LogP contribution in [-0.4, -0.2) is 49.6 Å². The minimum absolute atomic E-state index is 0.196. The molecule has 0 spiro atoms. The Labute approximate surface area is 114 Å². The third-order valence-corrected chi connectivity index (χ3v) is 1.88. The highest BCUT2D eigenvalue weighted by molar-refractivity contribution is 5.81. The Morgan fingerprint density at radius 1 is 1.21 bits per heavy atom. The molecule has 0 aliphatic rings. The topological polar surface area (TPSA) is 74.2 Å². The Bertz CT molecular complexity index is 332. The van der Waals surface area contributed by atoms with Gasteiger partial charge in [-0.25, -0.2) is 9.59 Å². The molecule has 110 valence electrons. The van der Waals surface area contributed by atoms with Crippen LogP contribution in [0.25, 0.3) is 0 Å². The van der Waals surface area contributed by atoms with Crippen molar-refractivity contribution in [3.8, 4) is 0 Å². The lowest BCUT2D eigenvalue weighted by molar-refractivity contribution is -0.169. The quantitative estimate of drug-likeness (QED) is 0.539. The van der Waals surface area contributed by atoms with Gasteiger partial charge in [-0.1, -0.05) is 0 Å². The lowest BCUT2D eigenvalue weighted by Crippen LogP contribution is -2.31. The fourth-order valence-electron chi connectivity index (χ4n) is 1.04. The van der Waals surface area contributed by atoms with Crippen molar-refractivity contribution in [1.29, 1.82) is 0 Å². The van der Waals surface area contributed by atoms with Crippen molar-refractivity contribution in [3.63, 3.8) is 0 Å². The third kappa shape index (κ3) is 9.18. The van der Waals surface area contributed by atoms with E-state index in [1.807, 2.05) is 20.8 Å². The van der Waals surface area contributed by atoms with E-state index >= 15 is 0 Å². The molecule has 0 aliphatic heterocycles. The van der Waals surface area contributed by atoms with Crippen molar-refractivity contribution in [1.82, 2.24) is 0 Å². The molecule has 0 saturated heterocycles. The Balaban J connectivity index is 4.22. The molecular weight excluding hydrogens is 250 g/mol. The Morgan fingerprint density at radius 3 is 2.26 bits per heavy atom. The van der Waals surface area contributed by atoms with Gasteiger partial charge >= 0.3 is 11.9 Å². The van der Waals surface area contributed by atoms with Crippen molar-refractivity contribution < 1.29 is 23.8 Å². The van der Waals surface area contributed by atoms with Crippen molar-refractivity contribution in [2.45, 2.75) is 52.4 Å². The van der Waals surface area contributed by atoms with Crippen molar-refractivity contribution in [2.75, 3.05) is 13.7 Å². The largest absolute Gasteiger partial charge is 0.454 e. The van der Waals surface area contributed by atoms with Gasteiger partial charge in [0.15, 0.2) is 6.10 Å². The van der Waals surface area contributed by atoms with Crippen LogP contribution in [0.2, 0.25) is 0 Å². The van der Waals surface area contributed by atoms with E-state index in [-0.39, 0.29) is 12.1 Å². The number of hydrogen-bond acceptors (Lipinski definition) is 6. The molecule has 0 aromatic heterocycles. The second-order valence-corrected chi connectivity index (χ2v) is 5.16. The molecular formula is C13H23NO5. The number of carbonyl (C=O) groups excluding carboxylic acids is 2. The maximum absolute atomic E-state index is 11.6. The summed E-state index contributed by atoms with van der Waals surface area (Å²) in [6.45, 7) is 8.76. The zero-order valence-corrected chi connectivity index (χ0v) is 12.4. The van der Waals surface area contributed by atoms with Gasteiger partial charge in [0.1, 0.15) is 12.7 Å². The molecule has 0 amide bonds. The average molecular weight is 273 g/mol. The third-order valence-electron chi connectivity index (χ3n) is 1.88. The minimum Gasteiger partial charge on any atom is -0.454 e. The summed E-state index contributed by atoms with van der Waals surface area (Å²) in [6, 6.07) is 0. The molecule has 2 atom stereocenters. The summed E-state index contributed by atoms with van der Waals surface area (Å²) >= 11 is 0. The Kier molecular flexibility index (Phi) is 7.29. The molecule has 2 unspecified atom stereocenters. The van der Waals surface area contributed by atoms with Gasteiger partial charge in [-0.2, -0.15) is 0 Å². The first-order chi connectivity index (χ1) is 8.65. The molecule has 0 fully saturated rings. The van der Waals surface area contributed by atoms with Gasteiger partial charge in [0.2, 0.25) is 0 Å². The predicted molar refractivity (Wildman–Crippen MR) is 71.2 cm³/mol. The molecule has 0 aromatic rings. The number of nitrogens with zero attached hydrogens (tertiary/aromatic N) is 1. The summed E-state index contributed by atoms with van der Waals surface area (Å²) in [5.41, 5.74) is -0.225. The van der Waals surface area contributed by atoms with E-state index in [1.165, 1.54) is 14.0 Å². The molecule has 0 heterocycles. The van der Waals surface area contributed by atoms with Gasteiger partial charge in [0, 0.05) is 13.3 Å². The van der Waals surface area contributed by atoms with Gasteiger partial charge in [-0.05, 0) is 34.6 Å². The Morgan fingerprint density at radius 2 is 1.79 bits per heavy atom. The number of carbonyl (C=O) groups is 2. The summed E-state index contributed by atoms with van der Waals surface area (Å²) in [6.07, 6.45) is 0.116. The van der Waals surface area contributed by atoms with Crippen LogP contribution in [0.5, 0.6) is 0 Å². The zero-order chi connectivity index (χ0) is 15.1. The summed E-state index contributed by atoms with van der Waals surface area (Å²) < 4.78 is 14.5. The van der Waals surface area contributed by atoms with Crippen molar-refractivity contribution in [3.05, 3.63) is 0 Å². The molecule has 0 rings (SSSR count). The number of methoxy groups -OCH3 is 1. The number of rotatable bonds is 6. The second kappa shape index (κ2) is 7.89. The average Bonchev–Trinajstić information content (AvgIpc) is 2.25. The van der Waals surface area contributed by atoms with Crippen LogP contribution in [0, 0.1) is 0 Å².